The van der Waals surface area contributed by atoms with Gasteiger partial charge in [0.25, 0.3) is 5.91 Å². The summed E-state index contributed by atoms with van der Waals surface area (Å²) in [4.78, 5) is 16.9. The molecule has 0 bridgehead atoms. The molecule has 4 nitrogen and oxygen atoms in total. The minimum Gasteiger partial charge on any atom is -0.483 e. The molecule has 2 aromatic rings. The van der Waals surface area contributed by atoms with Crippen molar-refractivity contribution in [2.24, 2.45) is 0 Å². The van der Waals surface area contributed by atoms with E-state index in [-0.39, 0.29) is 12.5 Å². The van der Waals surface area contributed by atoms with Gasteiger partial charge in [0.2, 0.25) is 0 Å². The van der Waals surface area contributed by atoms with Crippen LogP contribution in [-0.2, 0) is 24.2 Å². The molecule has 1 heterocycles. The van der Waals surface area contributed by atoms with E-state index in [1.165, 1.54) is 29.5 Å². The second kappa shape index (κ2) is 8.57. The van der Waals surface area contributed by atoms with Crippen LogP contribution < -0.4 is 4.74 Å². The van der Waals surface area contributed by atoms with Gasteiger partial charge in [0.1, 0.15) is 5.75 Å². The number of carbonyl (C=O) groups is 1. The van der Waals surface area contributed by atoms with Gasteiger partial charge in [0, 0.05) is 32.7 Å². The second-order valence-electron chi connectivity index (χ2n) is 7.53. The molecule has 1 saturated heterocycles. The zero-order valence-electron chi connectivity index (χ0n) is 15.9. The summed E-state index contributed by atoms with van der Waals surface area (Å²) in [6.07, 6.45) is 4.66. The topological polar surface area (TPSA) is 32.8 Å². The van der Waals surface area contributed by atoms with E-state index in [1.807, 2.05) is 23.1 Å². The average Bonchev–Trinajstić information content (AvgIpc) is 2.73. The summed E-state index contributed by atoms with van der Waals surface area (Å²) < 4.78 is 5.94. The molecular weight excluding hydrogens is 336 g/mol. The highest BCUT2D eigenvalue weighted by atomic mass is 16.5. The molecule has 0 aromatic heterocycles. The summed E-state index contributed by atoms with van der Waals surface area (Å²) in [6.45, 7) is 4.50. The van der Waals surface area contributed by atoms with Gasteiger partial charge in [-0.05, 0) is 48.4 Å². The standard InChI is InChI=1S/C23H28N2O2/c26-23(18-27-22-12-6-10-20-9-4-5-11-21(20)22)25-15-13-24(14-16-25)17-19-7-2-1-3-8-19/h1-3,6-8,10,12H,4-5,9,11,13-18H2. The van der Waals surface area contributed by atoms with Crippen molar-refractivity contribution in [3.63, 3.8) is 0 Å². The molecule has 142 valence electrons. The Kier molecular flexibility index (Phi) is 5.73. The second-order valence-corrected chi connectivity index (χ2v) is 7.53. The highest BCUT2D eigenvalue weighted by Gasteiger charge is 2.22. The third kappa shape index (κ3) is 4.51. The van der Waals surface area contributed by atoms with Gasteiger partial charge in [-0.15, -0.1) is 0 Å². The van der Waals surface area contributed by atoms with Crippen LogP contribution in [0.15, 0.2) is 48.5 Å². The van der Waals surface area contributed by atoms with E-state index in [2.05, 4.69) is 35.2 Å². The Labute approximate surface area is 161 Å². The number of nitrogens with zero attached hydrogens (tertiary/aromatic N) is 2. The number of fused-ring (bicyclic) bond motifs is 1. The summed E-state index contributed by atoms with van der Waals surface area (Å²) in [6, 6.07) is 16.8. The predicted octanol–water partition coefficient (Wildman–Crippen LogP) is 3.29. The average molecular weight is 364 g/mol. The van der Waals surface area contributed by atoms with Gasteiger partial charge in [0.05, 0.1) is 0 Å². The molecule has 27 heavy (non-hydrogen) atoms. The first kappa shape index (κ1) is 18.1. The number of rotatable bonds is 5. The van der Waals surface area contributed by atoms with Gasteiger partial charge >= 0.3 is 0 Å². The molecule has 0 N–H and O–H groups in total. The van der Waals surface area contributed by atoms with Crippen LogP contribution in [0.5, 0.6) is 5.75 Å². The molecule has 0 atom stereocenters. The highest BCUT2D eigenvalue weighted by molar-refractivity contribution is 5.78. The van der Waals surface area contributed by atoms with Crippen LogP contribution in [-0.4, -0.2) is 48.5 Å². The molecule has 4 heteroatoms. The fourth-order valence-electron chi connectivity index (χ4n) is 4.11. The Hall–Kier alpha value is -2.33. The fourth-order valence-corrected chi connectivity index (χ4v) is 4.11. The number of carbonyl (C=O) groups excluding carboxylic acids is 1. The number of aryl methyl sites for hydroxylation is 1. The summed E-state index contributed by atoms with van der Waals surface area (Å²) in [5, 5.41) is 0. The van der Waals surface area contributed by atoms with Crippen LogP contribution in [0, 0.1) is 0 Å². The van der Waals surface area contributed by atoms with Crippen LogP contribution in [0.4, 0.5) is 0 Å². The Morgan fingerprint density at radius 3 is 2.48 bits per heavy atom. The van der Waals surface area contributed by atoms with Crippen molar-refractivity contribution >= 4 is 5.91 Å². The van der Waals surface area contributed by atoms with Crippen molar-refractivity contribution in [2.45, 2.75) is 32.2 Å². The molecule has 0 spiro atoms. The van der Waals surface area contributed by atoms with Gasteiger partial charge in [-0.25, -0.2) is 0 Å². The smallest absolute Gasteiger partial charge is 0.260 e. The first-order valence-corrected chi connectivity index (χ1v) is 10.1. The fraction of sp³-hybridized carbons (Fsp3) is 0.435. The van der Waals surface area contributed by atoms with Crippen molar-refractivity contribution in [1.29, 1.82) is 0 Å². The van der Waals surface area contributed by atoms with Crippen molar-refractivity contribution in [3.05, 3.63) is 65.2 Å². The minimum absolute atomic E-state index is 0.0998. The zero-order chi connectivity index (χ0) is 18.5. The molecule has 1 aliphatic carbocycles. The summed E-state index contributed by atoms with van der Waals surface area (Å²) in [5.74, 6) is 1.01. The predicted molar refractivity (Wildman–Crippen MR) is 107 cm³/mol. The lowest BCUT2D eigenvalue weighted by molar-refractivity contribution is -0.135. The lowest BCUT2D eigenvalue weighted by Gasteiger charge is -2.34. The van der Waals surface area contributed by atoms with E-state index >= 15 is 0 Å². The maximum absolute atomic E-state index is 12.6. The van der Waals surface area contributed by atoms with Crippen LogP contribution in [0.3, 0.4) is 0 Å². The number of piperazine rings is 1. The lowest BCUT2D eigenvalue weighted by Crippen LogP contribution is -2.49. The highest BCUT2D eigenvalue weighted by Crippen LogP contribution is 2.29. The van der Waals surface area contributed by atoms with E-state index in [4.69, 9.17) is 4.74 Å². The number of amides is 1. The SMILES string of the molecule is O=C(COc1cccc2c1CCCC2)N1CCN(Cc2ccccc2)CC1. The monoisotopic (exact) mass is 364 g/mol. The Balaban J connectivity index is 1.27. The van der Waals surface area contributed by atoms with Gasteiger partial charge < -0.3 is 9.64 Å². The molecule has 0 radical (unpaired) electrons. The maximum atomic E-state index is 12.6. The van der Waals surface area contributed by atoms with E-state index < -0.39 is 0 Å². The van der Waals surface area contributed by atoms with Crippen molar-refractivity contribution in [3.8, 4) is 5.75 Å². The molecule has 1 fully saturated rings. The summed E-state index contributed by atoms with van der Waals surface area (Å²) in [7, 11) is 0. The lowest BCUT2D eigenvalue weighted by atomic mass is 9.91. The van der Waals surface area contributed by atoms with Crippen molar-refractivity contribution in [2.75, 3.05) is 32.8 Å². The Morgan fingerprint density at radius 1 is 0.889 bits per heavy atom. The van der Waals surface area contributed by atoms with E-state index in [9.17, 15) is 4.79 Å². The molecule has 2 aliphatic rings. The van der Waals surface area contributed by atoms with Crippen LogP contribution in [0.2, 0.25) is 0 Å². The van der Waals surface area contributed by atoms with Gasteiger partial charge in [0.15, 0.2) is 6.61 Å². The molecular formula is C23H28N2O2. The van der Waals surface area contributed by atoms with Crippen LogP contribution >= 0.6 is 0 Å². The van der Waals surface area contributed by atoms with E-state index in [0.717, 1.165) is 51.3 Å². The van der Waals surface area contributed by atoms with Gasteiger partial charge in [-0.2, -0.15) is 0 Å². The largest absolute Gasteiger partial charge is 0.483 e. The van der Waals surface area contributed by atoms with E-state index in [1.54, 1.807) is 0 Å². The number of hydrogen-bond acceptors (Lipinski definition) is 3. The molecule has 2 aromatic carbocycles. The van der Waals surface area contributed by atoms with Crippen molar-refractivity contribution < 1.29 is 9.53 Å². The van der Waals surface area contributed by atoms with E-state index in [0.29, 0.717) is 0 Å². The zero-order valence-corrected chi connectivity index (χ0v) is 15.9. The van der Waals surface area contributed by atoms with Gasteiger partial charge in [-0.3, -0.25) is 9.69 Å². The summed E-state index contributed by atoms with van der Waals surface area (Å²) in [5.41, 5.74) is 4.03. The number of ether oxygens (including phenoxy) is 1. The third-order valence-corrected chi connectivity index (χ3v) is 5.68. The van der Waals surface area contributed by atoms with Crippen molar-refractivity contribution in [1.82, 2.24) is 9.80 Å². The quantitative estimate of drug-likeness (QED) is 0.816. The molecule has 4 rings (SSSR count). The molecule has 0 unspecified atom stereocenters. The normalized spacial score (nSPS) is 17.4. The van der Waals surface area contributed by atoms with Crippen LogP contribution in [0.1, 0.15) is 29.5 Å². The molecule has 1 amide bonds. The van der Waals surface area contributed by atoms with Gasteiger partial charge in [-0.1, -0.05) is 42.5 Å². The third-order valence-electron chi connectivity index (χ3n) is 5.68. The minimum atomic E-state index is 0.0998. The first-order chi connectivity index (χ1) is 13.3. The number of hydrogen-bond donors (Lipinski definition) is 0. The Bertz CT molecular complexity index is 767. The maximum Gasteiger partial charge on any atom is 0.260 e. The molecule has 0 saturated carbocycles. The van der Waals surface area contributed by atoms with Crippen LogP contribution in [0.25, 0.3) is 0 Å². The molecule has 1 aliphatic heterocycles. The summed E-state index contributed by atoms with van der Waals surface area (Å²) >= 11 is 0. The first-order valence-electron chi connectivity index (χ1n) is 10.1. The Morgan fingerprint density at radius 2 is 1.67 bits per heavy atom. The number of benzene rings is 2.